The number of benzene rings is 2. The van der Waals surface area contributed by atoms with Gasteiger partial charge in [-0.1, -0.05) is 0 Å². The normalized spacial score (nSPS) is 20.7. The zero-order valence-electron chi connectivity index (χ0n) is 20.7. The minimum Gasteiger partial charge on any atom is -0.484 e. The smallest absolute Gasteiger partial charge is 0.260 e. The quantitative estimate of drug-likeness (QED) is 0.653. The molecule has 2 fully saturated rings. The van der Waals surface area contributed by atoms with Crippen LogP contribution >= 0.6 is 0 Å². The molecule has 7 heteroatoms. The summed E-state index contributed by atoms with van der Waals surface area (Å²) in [6, 6.07) is 17.3. The maximum atomic E-state index is 13.1. The molecular formula is C28H34N4O3. The Kier molecular flexibility index (Phi) is 7.91. The molecule has 7 nitrogen and oxygen atoms in total. The van der Waals surface area contributed by atoms with Crippen LogP contribution in [0.25, 0.3) is 0 Å². The van der Waals surface area contributed by atoms with Gasteiger partial charge in [0.15, 0.2) is 6.61 Å². The summed E-state index contributed by atoms with van der Waals surface area (Å²) in [6.45, 7) is 7.15. The molecular weight excluding hydrogens is 440 g/mol. The van der Waals surface area contributed by atoms with E-state index in [1.165, 1.54) is 0 Å². The van der Waals surface area contributed by atoms with E-state index < -0.39 is 0 Å². The van der Waals surface area contributed by atoms with Crippen molar-refractivity contribution in [2.24, 2.45) is 0 Å². The van der Waals surface area contributed by atoms with E-state index in [1.54, 1.807) is 24.3 Å². The molecule has 2 atom stereocenters. The number of ether oxygens (including phenoxy) is 1. The first-order chi connectivity index (χ1) is 17.0. The second-order valence-corrected chi connectivity index (χ2v) is 9.53. The number of carbonyl (C=O) groups is 2. The van der Waals surface area contributed by atoms with Gasteiger partial charge >= 0.3 is 0 Å². The summed E-state index contributed by atoms with van der Waals surface area (Å²) in [5.41, 5.74) is 2.34. The monoisotopic (exact) mass is 474 g/mol. The highest BCUT2D eigenvalue weighted by molar-refractivity contribution is 5.94. The number of amides is 2. The van der Waals surface area contributed by atoms with Crippen LogP contribution in [0.4, 0.5) is 5.69 Å². The van der Waals surface area contributed by atoms with Crippen LogP contribution in [-0.2, 0) is 4.79 Å². The molecule has 2 aromatic carbocycles. The lowest BCUT2D eigenvalue weighted by molar-refractivity contribution is -0.139. The molecule has 2 aliphatic heterocycles. The van der Waals surface area contributed by atoms with E-state index in [0.717, 1.165) is 44.5 Å². The lowest BCUT2D eigenvalue weighted by Crippen LogP contribution is -2.49. The summed E-state index contributed by atoms with van der Waals surface area (Å²) in [4.78, 5) is 31.9. The van der Waals surface area contributed by atoms with E-state index in [2.05, 4.69) is 24.8 Å². The van der Waals surface area contributed by atoms with Gasteiger partial charge in [-0.05, 0) is 88.1 Å². The summed E-state index contributed by atoms with van der Waals surface area (Å²) in [6.07, 6.45) is 4.11. The standard InChI is InChI=1S/C28H34N4O3/c1-21-5-3-6-22(2)32(21)27(33)20-35-26-13-9-24(10-14-26)28(34)31-16-4-15-30(17-18-31)25-11-7-23(19-29)8-12-25/h7-14,21-22H,3-6,15-18,20H2,1-2H3. The summed E-state index contributed by atoms with van der Waals surface area (Å²) in [5.74, 6) is 0.613. The highest BCUT2D eigenvalue weighted by atomic mass is 16.5. The fourth-order valence-electron chi connectivity index (χ4n) is 5.13. The number of rotatable bonds is 5. The molecule has 0 N–H and O–H groups in total. The molecule has 0 saturated carbocycles. The first kappa shape index (κ1) is 24.6. The molecule has 2 unspecified atom stereocenters. The fourth-order valence-corrected chi connectivity index (χ4v) is 5.13. The Labute approximate surface area is 207 Å². The van der Waals surface area contributed by atoms with Crippen molar-refractivity contribution in [2.75, 3.05) is 37.7 Å². The Morgan fingerprint density at radius 1 is 0.914 bits per heavy atom. The minimum atomic E-state index is 0.00488. The highest BCUT2D eigenvalue weighted by Gasteiger charge is 2.29. The Morgan fingerprint density at radius 2 is 1.60 bits per heavy atom. The lowest BCUT2D eigenvalue weighted by atomic mass is 9.97. The molecule has 0 aliphatic carbocycles. The van der Waals surface area contributed by atoms with Crippen LogP contribution in [0.5, 0.6) is 5.75 Å². The SMILES string of the molecule is CC1CCCC(C)N1C(=O)COc1ccc(C(=O)N2CCCN(c3ccc(C#N)cc3)CC2)cc1. The maximum absolute atomic E-state index is 13.1. The molecule has 0 spiro atoms. The van der Waals surface area contributed by atoms with Gasteiger partial charge in [-0.25, -0.2) is 0 Å². The number of nitriles is 1. The second-order valence-electron chi connectivity index (χ2n) is 9.53. The van der Waals surface area contributed by atoms with Crippen LogP contribution in [0, 0.1) is 11.3 Å². The summed E-state index contributed by atoms with van der Waals surface area (Å²) >= 11 is 0. The Bertz CT molecular complexity index is 1050. The van der Waals surface area contributed by atoms with Gasteiger partial charge in [0.05, 0.1) is 11.6 Å². The van der Waals surface area contributed by atoms with Crippen molar-refractivity contribution in [1.82, 2.24) is 9.80 Å². The molecule has 4 rings (SSSR count). The molecule has 0 radical (unpaired) electrons. The van der Waals surface area contributed by atoms with E-state index in [1.807, 2.05) is 34.1 Å². The molecule has 2 heterocycles. The van der Waals surface area contributed by atoms with E-state index >= 15 is 0 Å². The number of carbonyl (C=O) groups excluding carboxylic acids is 2. The van der Waals surface area contributed by atoms with E-state index in [4.69, 9.17) is 10.00 Å². The maximum Gasteiger partial charge on any atom is 0.260 e. The van der Waals surface area contributed by atoms with Crippen LogP contribution < -0.4 is 9.64 Å². The van der Waals surface area contributed by atoms with Gasteiger partial charge in [-0.3, -0.25) is 9.59 Å². The van der Waals surface area contributed by atoms with Crippen molar-refractivity contribution in [2.45, 2.75) is 51.6 Å². The van der Waals surface area contributed by atoms with Gasteiger partial charge in [-0.2, -0.15) is 5.26 Å². The average molecular weight is 475 g/mol. The van der Waals surface area contributed by atoms with Crippen molar-refractivity contribution < 1.29 is 14.3 Å². The van der Waals surface area contributed by atoms with Crippen LogP contribution in [0.3, 0.4) is 0 Å². The zero-order valence-corrected chi connectivity index (χ0v) is 20.7. The predicted molar refractivity (Wildman–Crippen MR) is 135 cm³/mol. The molecule has 2 aromatic rings. The largest absolute Gasteiger partial charge is 0.484 e. The predicted octanol–water partition coefficient (Wildman–Crippen LogP) is 4.08. The van der Waals surface area contributed by atoms with E-state index in [-0.39, 0.29) is 30.5 Å². The third-order valence-electron chi connectivity index (χ3n) is 7.09. The van der Waals surface area contributed by atoms with Gasteiger partial charge in [0.2, 0.25) is 0 Å². The van der Waals surface area contributed by atoms with Crippen LogP contribution in [0.1, 0.15) is 55.5 Å². The number of likely N-dealkylation sites (tertiary alicyclic amines) is 1. The summed E-state index contributed by atoms with van der Waals surface area (Å²) in [7, 11) is 0. The minimum absolute atomic E-state index is 0.00488. The lowest BCUT2D eigenvalue weighted by Gasteiger charge is -2.38. The molecule has 2 saturated heterocycles. The summed E-state index contributed by atoms with van der Waals surface area (Å²) < 4.78 is 5.75. The van der Waals surface area contributed by atoms with Crippen molar-refractivity contribution in [3.05, 3.63) is 59.7 Å². The topological polar surface area (TPSA) is 76.9 Å². The third-order valence-corrected chi connectivity index (χ3v) is 7.09. The van der Waals surface area contributed by atoms with Crippen molar-refractivity contribution in [3.63, 3.8) is 0 Å². The van der Waals surface area contributed by atoms with Gasteiger partial charge in [0, 0.05) is 49.5 Å². The third kappa shape index (κ3) is 5.94. The van der Waals surface area contributed by atoms with Gasteiger partial charge in [0.25, 0.3) is 11.8 Å². The highest BCUT2D eigenvalue weighted by Crippen LogP contribution is 2.23. The van der Waals surface area contributed by atoms with Gasteiger partial charge < -0.3 is 19.4 Å². The molecule has 2 amide bonds. The zero-order chi connectivity index (χ0) is 24.8. The van der Waals surface area contributed by atoms with E-state index in [9.17, 15) is 9.59 Å². The number of piperidine rings is 1. The van der Waals surface area contributed by atoms with Crippen molar-refractivity contribution in [1.29, 1.82) is 5.26 Å². The van der Waals surface area contributed by atoms with Crippen molar-refractivity contribution in [3.8, 4) is 11.8 Å². The van der Waals surface area contributed by atoms with Crippen LogP contribution in [0.15, 0.2) is 48.5 Å². The number of anilines is 1. The molecule has 184 valence electrons. The summed E-state index contributed by atoms with van der Waals surface area (Å²) in [5, 5.41) is 9.00. The Hall–Kier alpha value is -3.53. The van der Waals surface area contributed by atoms with Gasteiger partial charge in [0.1, 0.15) is 5.75 Å². The average Bonchev–Trinajstić information content (AvgIpc) is 3.14. The Morgan fingerprint density at radius 3 is 2.26 bits per heavy atom. The fraction of sp³-hybridized carbons (Fsp3) is 0.464. The molecule has 0 aromatic heterocycles. The molecule has 2 aliphatic rings. The molecule has 35 heavy (non-hydrogen) atoms. The first-order valence-corrected chi connectivity index (χ1v) is 12.5. The first-order valence-electron chi connectivity index (χ1n) is 12.5. The van der Waals surface area contributed by atoms with Crippen molar-refractivity contribution >= 4 is 17.5 Å². The van der Waals surface area contributed by atoms with E-state index in [0.29, 0.717) is 30.0 Å². The van der Waals surface area contributed by atoms with Crippen LogP contribution in [-0.4, -0.2) is 66.5 Å². The second kappa shape index (κ2) is 11.3. The molecule has 0 bridgehead atoms. The number of nitrogens with zero attached hydrogens (tertiary/aromatic N) is 4. The van der Waals surface area contributed by atoms with Crippen LogP contribution in [0.2, 0.25) is 0 Å². The van der Waals surface area contributed by atoms with Gasteiger partial charge in [-0.15, -0.1) is 0 Å². The Balaban J connectivity index is 1.30. The number of hydrogen-bond acceptors (Lipinski definition) is 5. The number of hydrogen-bond donors (Lipinski definition) is 0.